The Morgan fingerprint density at radius 2 is 1.78 bits per heavy atom. The van der Waals surface area contributed by atoms with Gasteiger partial charge in [0.1, 0.15) is 18.1 Å². The zero-order valence-corrected chi connectivity index (χ0v) is 12.0. The summed E-state index contributed by atoms with van der Waals surface area (Å²) < 4.78 is 12.0. The maximum absolute atomic E-state index is 5.71. The van der Waals surface area contributed by atoms with Crippen LogP contribution in [0, 0.1) is 6.92 Å². The molecule has 2 rings (SSSR count). The fraction of sp³-hybridized carbons (Fsp3) is 0.200. The zero-order chi connectivity index (χ0) is 13.0. The van der Waals surface area contributed by atoms with Gasteiger partial charge in [0.2, 0.25) is 0 Å². The second-order valence-corrected chi connectivity index (χ2v) is 4.96. The quantitative estimate of drug-likeness (QED) is 0.836. The average Bonchev–Trinajstić information content (AvgIpc) is 2.38. The monoisotopic (exact) mass is 306 g/mol. The Bertz CT molecular complexity index is 521. The van der Waals surface area contributed by atoms with Crippen LogP contribution in [0.3, 0.4) is 0 Å². The first-order valence-corrected chi connectivity index (χ1v) is 6.50. The molecule has 0 amide bonds. The van der Waals surface area contributed by atoms with Crippen LogP contribution in [0.1, 0.15) is 11.1 Å². The van der Waals surface area contributed by atoms with E-state index in [0.717, 1.165) is 27.1 Å². The molecule has 94 valence electrons. The Morgan fingerprint density at radius 3 is 2.39 bits per heavy atom. The van der Waals surface area contributed by atoms with E-state index in [2.05, 4.69) is 22.0 Å². The molecule has 2 nitrogen and oxygen atoms in total. The van der Waals surface area contributed by atoms with Crippen LogP contribution in [0.15, 0.2) is 46.9 Å². The van der Waals surface area contributed by atoms with Gasteiger partial charge in [0.25, 0.3) is 0 Å². The summed E-state index contributed by atoms with van der Waals surface area (Å²) in [4.78, 5) is 0. The second kappa shape index (κ2) is 5.91. The molecule has 0 N–H and O–H groups in total. The maximum atomic E-state index is 5.71. The third kappa shape index (κ3) is 3.26. The normalized spacial score (nSPS) is 10.2. The third-order valence-electron chi connectivity index (χ3n) is 2.68. The molecule has 0 aliphatic rings. The molecule has 0 aromatic heterocycles. The fourth-order valence-electron chi connectivity index (χ4n) is 1.73. The lowest BCUT2D eigenvalue weighted by Gasteiger charge is -2.09. The van der Waals surface area contributed by atoms with Gasteiger partial charge in [-0.3, -0.25) is 0 Å². The fourth-order valence-corrected chi connectivity index (χ4v) is 1.99. The summed E-state index contributed by atoms with van der Waals surface area (Å²) in [5.41, 5.74) is 2.26. The third-order valence-corrected chi connectivity index (χ3v) is 3.21. The predicted molar refractivity (Wildman–Crippen MR) is 76.2 cm³/mol. The predicted octanol–water partition coefficient (Wildman–Crippen LogP) is 4.35. The minimum absolute atomic E-state index is 0.562. The first-order chi connectivity index (χ1) is 8.69. The average molecular weight is 307 g/mol. The van der Waals surface area contributed by atoms with Crippen LogP contribution in [0.4, 0.5) is 0 Å². The number of ether oxygens (including phenoxy) is 2. The van der Waals surface area contributed by atoms with Crippen LogP contribution in [-0.2, 0) is 6.61 Å². The minimum Gasteiger partial charge on any atom is -0.496 e. The van der Waals surface area contributed by atoms with Gasteiger partial charge in [0.15, 0.2) is 0 Å². The van der Waals surface area contributed by atoms with Crippen molar-refractivity contribution in [2.75, 3.05) is 7.11 Å². The highest BCUT2D eigenvalue weighted by molar-refractivity contribution is 9.10. The highest BCUT2D eigenvalue weighted by Gasteiger charge is 2.01. The van der Waals surface area contributed by atoms with E-state index in [1.807, 2.05) is 43.3 Å². The zero-order valence-electron chi connectivity index (χ0n) is 10.4. The molecule has 2 aromatic rings. The molecule has 0 aliphatic heterocycles. The summed E-state index contributed by atoms with van der Waals surface area (Å²) >= 11 is 3.40. The lowest BCUT2D eigenvalue weighted by molar-refractivity contribution is 0.306. The molecule has 0 radical (unpaired) electrons. The van der Waals surface area contributed by atoms with Gasteiger partial charge in [-0.15, -0.1) is 0 Å². The molecule has 0 spiro atoms. The topological polar surface area (TPSA) is 18.5 Å². The Labute approximate surface area is 116 Å². The first kappa shape index (κ1) is 13.0. The van der Waals surface area contributed by atoms with Gasteiger partial charge in [-0.25, -0.2) is 0 Å². The van der Waals surface area contributed by atoms with E-state index in [-0.39, 0.29) is 0 Å². The van der Waals surface area contributed by atoms with E-state index in [9.17, 15) is 0 Å². The van der Waals surface area contributed by atoms with Crippen molar-refractivity contribution in [3.63, 3.8) is 0 Å². The number of hydrogen-bond acceptors (Lipinski definition) is 2. The van der Waals surface area contributed by atoms with E-state index >= 15 is 0 Å². The van der Waals surface area contributed by atoms with Crippen LogP contribution in [0.5, 0.6) is 11.5 Å². The SMILES string of the molecule is COc1ccc(COc2ccc(Br)cc2)cc1C. The van der Waals surface area contributed by atoms with Gasteiger partial charge in [-0.05, 0) is 54.4 Å². The van der Waals surface area contributed by atoms with Gasteiger partial charge in [0.05, 0.1) is 7.11 Å². The number of halogens is 1. The lowest BCUT2D eigenvalue weighted by atomic mass is 10.1. The van der Waals surface area contributed by atoms with Gasteiger partial charge in [-0.1, -0.05) is 22.0 Å². The van der Waals surface area contributed by atoms with Gasteiger partial charge < -0.3 is 9.47 Å². The number of aryl methyl sites for hydroxylation is 1. The number of benzene rings is 2. The molecule has 0 saturated carbocycles. The molecule has 0 heterocycles. The van der Waals surface area contributed by atoms with Crippen LogP contribution in [0.2, 0.25) is 0 Å². The minimum atomic E-state index is 0.562. The van der Waals surface area contributed by atoms with Gasteiger partial charge in [0, 0.05) is 4.47 Å². The molecule has 0 bridgehead atoms. The Kier molecular flexibility index (Phi) is 4.26. The summed E-state index contributed by atoms with van der Waals surface area (Å²) in [5, 5.41) is 0. The highest BCUT2D eigenvalue weighted by atomic mass is 79.9. The molecule has 3 heteroatoms. The van der Waals surface area contributed by atoms with Crippen molar-refractivity contribution in [1.82, 2.24) is 0 Å². The Morgan fingerprint density at radius 1 is 1.06 bits per heavy atom. The first-order valence-electron chi connectivity index (χ1n) is 5.71. The number of methoxy groups -OCH3 is 1. The molecule has 0 aliphatic carbocycles. The van der Waals surface area contributed by atoms with E-state index in [0.29, 0.717) is 6.61 Å². The van der Waals surface area contributed by atoms with Crippen molar-refractivity contribution in [2.45, 2.75) is 13.5 Å². The van der Waals surface area contributed by atoms with Crippen LogP contribution in [-0.4, -0.2) is 7.11 Å². The molecule has 18 heavy (non-hydrogen) atoms. The van der Waals surface area contributed by atoms with E-state index in [1.165, 1.54) is 0 Å². The van der Waals surface area contributed by atoms with Crippen molar-refractivity contribution in [3.8, 4) is 11.5 Å². The molecule has 2 aromatic carbocycles. The molecule has 0 fully saturated rings. The summed E-state index contributed by atoms with van der Waals surface area (Å²) in [6.45, 7) is 2.59. The highest BCUT2D eigenvalue weighted by Crippen LogP contribution is 2.21. The van der Waals surface area contributed by atoms with Crippen LogP contribution < -0.4 is 9.47 Å². The van der Waals surface area contributed by atoms with Crippen LogP contribution >= 0.6 is 15.9 Å². The Balaban J connectivity index is 2.02. The molecule has 0 atom stereocenters. The number of hydrogen-bond donors (Lipinski definition) is 0. The van der Waals surface area contributed by atoms with Gasteiger partial charge in [-0.2, -0.15) is 0 Å². The number of rotatable bonds is 4. The standard InChI is InChI=1S/C15H15BrO2/c1-11-9-12(3-8-15(11)17-2)10-18-14-6-4-13(16)5-7-14/h3-9H,10H2,1-2H3. The molecular formula is C15H15BrO2. The summed E-state index contributed by atoms with van der Waals surface area (Å²) in [7, 11) is 1.68. The van der Waals surface area contributed by atoms with Crippen molar-refractivity contribution >= 4 is 15.9 Å². The maximum Gasteiger partial charge on any atom is 0.121 e. The summed E-state index contributed by atoms with van der Waals surface area (Å²) in [6, 6.07) is 13.9. The van der Waals surface area contributed by atoms with E-state index in [4.69, 9.17) is 9.47 Å². The molecule has 0 saturated heterocycles. The lowest BCUT2D eigenvalue weighted by Crippen LogP contribution is -1.96. The second-order valence-electron chi connectivity index (χ2n) is 4.05. The van der Waals surface area contributed by atoms with Crippen molar-refractivity contribution < 1.29 is 9.47 Å². The van der Waals surface area contributed by atoms with Crippen molar-refractivity contribution in [2.24, 2.45) is 0 Å². The van der Waals surface area contributed by atoms with Crippen molar-refractivity contribution in [3.05, 3.63) is 58.1 Å². The smallest absolute Gasteiger partial charge is 0.121 e. The summed E-state index contributed by atoms with van der Waals surface area (Å²) in [6.07, 6.45) is 0. The van der Waals surface area contributed by atoms with Crippen molar-refractivity contribution in [1.29, 1.82) is 0 Å². The largest absolute Gasteiger partial charge is 0.496 e. The van der Waals surface area contributed by atoms with E-state index in [1.54, 1.807) is 7.11 Å². The van der Waals surface area contributed by atoms with Crippen LogP contribution in [0.25, 0.3) is 0 Å². The molecule has 0 unspecified atom stereocenters. The van der Waals surface area contributed by atoms with Gasteiger partial charge >= 0.3 is 0 Å². The summed E-state index contributed by atoms with van der Waals surface area (Å²) in [5.74, 6) is 1.77. The molecular weight excluding hydrogens is 292 g/mol. The van der Waals surface area contributed by atoms with E-state index < -0.39 is 0 Å². The Hall–Kier alpha value is -1.48.